The van der Waals surface area contributed by atoms with Crippen molar-refractivity contribution < 1.29 is 4.79 Å². The average Bonchev–Trinajstić information content (AvgIpc) is 3.32. The zero-order valence-electron chi connectivity index (χ0n) is 16.6. The number of aromatic nitrogens is 3. The zero-order valence-corrected chi connectivity index (χ0v) is 16.6. The number of pyridine rings is 1. The minimum absolute atomic E-state index is 0.0232. The summed E-state index contributed by atoms with van der Waals surface area (Å²) >= 11 is 0. The van der Waals surface area contributed by atoms with E-state index in [2.05, 4.69) is 51.4 Å². The van der Waals surface area contributed by atoms with E-state index in [9.17, 15) is 4.79 Å². The third kappa shape index (κ3) is 4.23. The van der Waals surface area contributed by atoms with E-state index in [4.69, 9.17) is 0 Å². The van der Waals surface area contributed by atoms with Gasteiger partial charge in [-0.25, -0.2) is 14.8 Å². The fourth-order valence-corrected chi connectivity index (χ4v) is 3.80. The Labute approximate surface area is 171 Å². The van der Waals surface area contributed by atoms with Crippen LogP contribution in [0, 0.1) is 0 Å². The fourth-order valence-electron chi connectivity index (χ4n) is 3.80. The monoisotopic (exact) mass is 390 g/mol. The van der Waals surface area contributed by atoms with Crippen molar-refractivity contribution in [2.24, 2.45) is 0 Å². The van der Waals surface area contributed by atoms with E-state index in [0.717, 1.165) is 30.9 Å². The molecule has 2 amide bonds. The van der Waals surface area contributed by atoms with Crippen LogP contribution >= 0.6 is 0 Å². The molecule has 3 heterocycles. The van der Waals surface area contributed by atoms with Crippen molar-refractivity contribution in [3.05, 3.63) is 72.9 Å². The van der Waals surface area contributed by atoms with Crippen molar-refractivity contribution in [1.29, 1.82) is 0 Å². The molecule has 1 unspecified atom stereocenters. The average molecular weight is 390 g/mol. The van der Waals surface area contributed by atoms with Gasteiger partial charge in [0.2, 0.25) is 0 Å². The number of imidazole rings is 1. The molecule has 3 aromatic rings. The van der Waals surface area contributed by atoms with E-state index in [0.29, 0.717) is 13.1 Å². The van der Waals surface area contributed by atoms with E-state index in [1.54, 1.807) is 18.7 Å². The van der Waals surface area contributed by atoms with Gasteiger partial charge >= 0.3 is 6.03 Å². The number of anilines is 1. The first-order valence-corrected chi connectivity index (χ1v) is 10.0. The van der Waals surface area contributed by atoms with Gasteiger partial charge in [0.15, 0.2) is 0 Å². The van der Waals surface area contributed by atoms with Gasteiger partial charge in [0.05, 0.1) is 6.04 Å². The van der Waals surface area contributed by atoms with Gasteiger partial charge < -0.3 is 15.1 Å². The van der Waals surface area contributed by atoms with E-state index < -0.39 is 0 Å². The van der Waals surface area contributed by atoms with Gasteiger partial charge in [-0.2, -0.15) is 0 Å². The van der Waals surface area contributed by atoms with Crippen LogP contribution in [0.4, 0.5) is 10.5 Å². The van der Waals surface area contributed by atoms with E-state index >= 15 is 0 Å². The van der Waals surface area contributed by atoms with E-state index in [-0.39, 0.29) is 12.1 Å². The number of nitrogens with zero attached hydrogens (tertiary/aromatic N) is 5. The first-order valence-electron chi connectivity index (χ1n) is 10.0. The number of amides is 2. The summed E-state index contributed by atoms with van der Waals surface area (Å²) in [7, 11) is 0. The molecule has 0 aliphatic carbocycles. The molecule has 4 rings (SSSR count). The quantitative estimate of drug-likeness (QED) is 0.727. The molecule has 0 bridgehead atoms. The summed E-state index contributed by atoms with van der Waals surface area (Å²) in [5.74, 6) is 0.784. The summed E-state index contributed by atoms with van der Waals surface area (Å²) in [4.78, 5) is 25.8. The lowest BCUT2D eigenvalue weighted by Gasteiger charge is -2.42. The van der Waals surface area contributed by atoms with Crippen LogP contribution < -0.4 is 10.2 Å². The molecular weight excluding hydrogens is 364 g/mol. The Morgan fingerprint density at radius 2 is 2.00 bits per heavy atom. The van der Waals surface area contributed by atoms with Crippen LogP contribution in [0.1, 0.15) is 18.9 Å². The number of hydrogen-bond donors (Lipinski definition) is 1. The predicted octanol–water partition coefficient (Wildman–Crippen LogP) is 3.08. The molecule has 1 aliphatic rings. The van der Waals surface area contributed by atoms with Gasteiger partial charge in [0.25, 0.3) is 0 Å². The molecule has 1 aromatic carbocycles. The van der Waals surface area contributed by atoms with E-state index in [1.165, 1.54) is 5.69 Å². The Morgan fingerprint density at radius 1 is 1.14 bits per heavy atom. The second-order valence-electron chi connectivity index (χ2n) is 7.15. The molecule has 7 nitrogen and oxygen atoms in total. The van der Waals surface area contributed by atoms with Crippen LogP contribution in [0.2, 0.25) is 0 Å². The normalized spacial score (nSPS) is 16.7. The van der Waals surface area contributed by atoms with Crippen LogP contribution in [0.3, 0.4) is 0 Å². The summed E-state index contributed by atoms with van der Waals surface area (Å²) in [5, 5.41) is 3.08. The third-order valence-electron chi connectivity index (χ3n) is 5.38. The number of hydrogen-bond acceptors (Lipinski definition) is 4. The largest absolute Gasteiger partial charge is 0.368 e. The molecule has 0 radical (unpaired) electrons. The maximum absolute atomic E-state index is 12.9. The number of urea groups is 1. The Kier molecular flexibility index (Phi) is 5.74. The number of piperazine rings is 1. The van der Waals surface area contributed by atoms with E-state index in [1.807, 2.05) is 33.9 Å². The Bertz CT molecular complexity index is 927. The van der Waals surface area contributed by atoms with Gasteiger partial charge in [0, 0.05) is 56.0 Å². The summed E-state index contributed by atoms with van der Waals surface area (Å²) in [6.45, 7) is 4.95. The van der Waals surface area contributed by atoms with Gasteiger partial charge in [-0.1, -0.05) is 31.2 Å². The minimum atomic E-state index is -0.0232. The number of para-hydroxylation sites is 1. The molecule has 0 saturated carbocycles. The summed E-state index contributed by atoms with van der Waals surface area (Å²) < 4.78 is 1.86. The molecule has 7 heteroatoms. The van der Waals surface area contributed by atoms with Crippen LogP contribution in [0.15, 0.2) is 67.4 Å². The first-order chi connectivity index (χ1) is 14.3. The molecule has 1 N–H and O–H groups in total. The van der Waals surface area contributed by atoms with Crippen molar-refractivity contribution in [1.82, 2.24) is 24.8 Å². The maximum Gasteiger partial charge on any atom is 0.318 e. The Balaban J connectivity index is 1.40. The molecule has 1 saturated heterocycles. The van der Waals surface area contributed by atoms with Crippen molar-refractivity contribution in [3.8, 4) is 5.82 Å². The predicted molar refractivity (Wildman–Crippen MR) is 113 cm³/mol. The summed E-state index contributed by atoms with van der Waals surface area (Å²) in [6, 6.07) is 14.4. The highest BCUT2D eigenvalue weighted by molar-refractivity contribution is 5.75. The second kappa shape index (κ2) is 8.77. The standard InChI is InChI=1S/C22H26N6O/c1-2-19-16-26(20-8-4-3-5-9-20)13-14-28(19)22(29)25-15-18-7-6-10-24-21(18)27-12-11-23-17-27/h3-12,17,19H,2,13-16H2,1H3,(H,25,29). The molecule has 29 heavy (non-hydrogen) atoms. The zero-order chi connectivity index (χ0) is 20.1. The molecule has 1 fully saturated rings. The fraction of sp³-hybridized carbons (Fsp3) is 0.318. The smallest absolute Gasteiger partial charge is 0.318 e. The van der Waals surface area contributed by atoms with Gasteiger partial charge in [-0.15, -0.1) is 0 Å². The van der Waals surface area contributed by atoms with Crippen LogP contribution in [-0.4, -0.2) is 51.1 Å². The molecule has 1 atom stereocenters. The lowest BCUT2D eigenvalue weighted by molar-refractivity contribution is 0.163. The Hall–Kier alpha value is -3.35. The highest BCUT2D eigenvalue weighted by atomic mass is 16.2. The summed E-state index contributed by atoms with van der Waals surface area (Å²) in [5.41, 5.74) is 2.17. The van der Waals surface area contributed by atoms with Gasteiger partial charge in [-0.3, -0.25) is 4.57 Å². The number of rotatable bonds is 5. The Morgan fingerprint density at radius 3 is 2.76 bits per heavy atom. The van der Waals surface area contributed by atoms with Gasteiger partial charge in [0.1, 0.15) is 12.1 Å². The number of carbonyl (C=O) groups excluding carboxylic acids is 1. The highest BCUT2D eigenvalue weighted by Gasteiger charge is 2.29. The lowest BCUT2D eigenvalue weighted by Crippen LogP contribution is -2.57. The van der Waals surface area contributed by atoms with Crippen LogP contribution in [0.5, 0.6) is 0 Å². The lowest BCUT2D eigenvalue weighted by atomic mass is 10.1. The van der Waals surface area contributed by atoms with Crippen LogP contribution in [0.25, 0.3) is 5.82 Å². The number of carbonyl (C=O) groups is 1. The molecule has 0 spiro atoms. The maximum atomic E-state index is 12.9. The third-order valence-corrected chi connectivity index (χ3v) is 5.38. The highest BCUT2D eigenvalue weighted by Crippen LogP contribution is 2.20. The summed E-state index contributed by atoms with van der Waals surface area (Å²) in [6.07, 6.45) is 7.95. The van der Waals surface area contributed by atoms with Crippen molar-refractivity contribution >= 4 is 11.7 Å². The van der Waals surface area contributed by atoms with Crippen molar-refractivity contribution in [2.75, 3.05) is 24.5 Å². The topological polar surface area (TPSA) is 66.3 Å². The molecule has 150 valence electrons. The van der Waals surface area contributed by atoms with Crippen LogP contribution in [-0.2, 0) is 6.54 Å². The molecular formula is C22H26N6O. The first kappa shape index (κ1) is 19.0. The molecule has 2 aromatic heterocycles. The van der Waals surface area contributed by atoms with Gasteiger partial charge in [-0.05, 0) is 24.6 Å². The minimum Gasteiger partial charge on any atom is -0.368 e. The number of benzene rings is 1. The SMILES string of the molecule is CCC1CN(c2ccccc2)CCN1C(=O)NCc1cccnc1-n1ccnc1. The molecule has 1 aliphatic heterocycles. The van der Waals surface area contributed by atoms with Crippen molar-refractivity contribution in [2.45, 2.75) is 25.9 Å². The number of nitrogens with one attached hydrogen (secondary N) is 1. The second-order valence-corrected chi connectivity index (χ2v) is 7.15. The van der Waals surface area contributed by atoms with Crippen molar-refractivity contribution in [3.63, 3.8) is 0 Å².